The largest absolute Gasteiger partial charge is 0.317 e. The fraction of sp³-hybridized carbons (Fsp3) is 0.846. The van der Waals surface area contributed by atoms with Crippen molar-refractivity contribution < 1.29 is 0 Å². The average molecular weight is 193 g/mol. The molecule has 0 heterocycles. The number of hydrogen-bond acceptors (Lipinski definition) is 1. The van der Waals surface area contributed by atoms with Crippen LogP contribution in [-0.2, 0) is 0 Å². The number of rotatable bonds is 4. The molecule has 1 aliphatic rings. The van der Waals surface area contributed by atoms with Gasteiger partial charge in [0, 0.05) is 12.5 Å². The molecule has 1 heteroatoms. The van der Waals surface area contributed by atoms with Crippen LogP contribution in [0.2, 0.25) is 0 Å². The van der Waals surface area contributed by atoms with E-state index in [2.05, 4.69) is 18.3 Å². The fourth-order valence-corrected chi connectivity index (χ4v) is 2.57. The van der Waals surface area contributed by atoms with Gasteiger partial charge in [0.2, 0.25) is 0 Å². The van der Waals surface area contributed by atoms with Crippen molar-refractivity contribution in [2.45, 2.75) is 57.4 Å². The van der Waals surface area contributed by atoms with E-state index in [4.69, 9.17) is 6.42 Å². The van der Waals surface area contributed by atoms with Crippen molar-refractivity contribution in [1.29, 1.82) is 0 Å². The van der Waals surface area contributed by atoms with Gasteiger partial charge >= 0.3 is 0 Å². The monoisotopic (exact) mass is 193 g/mol. The molecule has 1 aliphatic carbocycles. The summed E-state index contributed by atoms with van der Waals surface area (Å²) in [5.74, 6) is 3.62. The molecule has 80 valence electrons. The molecule has 0 saturated heterocycles. The first-order valence-electron chi connectivity index (χ1n) is 5.99. The van der Waals surface area contributed by atoms with Crippen LogP contribution in [0.3, 0.4) is 0 Å². The SMILES string of the molecule is C#CCCC(NC)C1CCCCCC1. The van der Waals surface area contributed by atoms with Gasteiger partial charge in [-0.3, -0.25) is 0 Å². The van der Waals surface area contributed by atoms with Crippen LogP contribution in [0.15, 0.2) is 0 Å². The van der Waals surface area contributed by atoms with E-state index in [1.165, 1.54) is 38.5 Å². The standard InChI is InChI=1S/C13H23N/c1-3-4-11-13(14-2)12-9-7-5-6-8-10-12/h1,12-14H,4-11H2,2H3. The first kappa shape index (κ1) is 11.6. The number of terminal acetylenes is 1. The maximum absolute atomic E-state index is 5.31. The molecule has 0 aromatic heterocycles. The van der Waals surface area contributed by atoms with Crippen molar-refractivity contribution in [3.63, 3.8) is 0 Å². The predicted octanol–water partition coefficient (Wildman–Crippen LogP) is 2.96. The van der Waals surface area contributed by atoms with Gasteiger partial charge in [0.25, 0.3) is 0 Å². The molecular weight excluding hydrogens is 170 g/mol. The summed E-state index contributed by atoms with van der Waals surface area (Å²) in [4.78, 5) is 0. The zero-order valence-corrected chi connectivity index (χ0v) is 9.39. The van der Waals surface area contributed by atoms with Gasteiger partial charge in [-0.05, 0) is 32.2 Å². The molecule has 0 amide bonds. The lowest BCUT2D eigenvalue weighted by molar-refractivity contribution is 0.322. The van der Waals surface area contributed by atoms with Crippen LogP contribution in [-0.4, -0.2) is 13.1 Å². The molecule has 0 aliphatic heterocycles. The Balaban J connectivity index is 2.36. The molecule has 0 radical (unpaired) electrons. The second-order valence-corrected chi connectivity index (χ2v) is 4.39. The summed E-state index contributed by atoms with van der Waals surface area (Å²) in [6.45, 7) is 0. The molecule has 0 bridgehead atoms. The van der Waals surface area contributed by atoms with Crippen LogP contribution in [0.4, 0.5) is 0 Å². The molecule has 0 spiro atoms. The van der Waals surface area contributed by atoms with E-state index in [0.29, 0.717) is 6.04 Å². The third kappa shape index (κ3) is 3.72. The second kappa shape index (κ2) is 6.90. The van der Waals surface area contributed by atoms with Crippen LogP contribution < -0.4 is 5.32 Å². The van der Waals surface area contributed by atoms with Gasteiger partial charge in [0.05, 0.1) is 0 Å². The summed E-state index contributed by atoms with van der Waals surface area (Å²) in [5.41, 5.74) is 0. The molecule has 1 saturated carbocycles. The Morgan fingerprint density at radius 2 is 1.93 bits per heavy atom. The second-order valence-electron chi connectivity index (χ2n) is 4.39. The van der Waals surface area contributed by atoms with Crippen LogP contribution in [0.1, 0.15) is 51.4 Å². The Kier molecular flexibility index (Phi) is 5.71. The minimum atomic E-state index is 0.657. The summed E-state index contributed by atoms with van der Waals surface area (Å²) >= 11 is 0. The van der Waals surface area contributed by atoms with Gasteiger partial charge in [-0.2, -0.15) is 0 Å². The van der Waals surface area contributed by atoms with Crippen LogP contribution in [0, 0.1) is 18.3 Å². The van der Waals surface area contributed by atoms with Crippen molar-refractivity contribution >= 4 is 0 Å². The molecule has 14 heavy (non-hydrogen) atoms. The first-order chi connectivity index (χ1) is 6.88. The Morgan fingerprint density at radius 3 is 2.43 bits per heavy atom. The van der Waals surface area contributed by atoms with E-state index in [1.807, 2.05) is 0 Å². The normalized spacial score (nSPS) is 21.1. The molecule has 1 fully saturated rings. The predicted molar refractivity (Wildman–Crippen MR) is 62.1 cm³/mol. The van der Waals surface area contributed by atoms with Crippen molar-refractivity contribution in [3.05, 3.63) is 0 Å². The first-order valence-corrected chi connectivity index (χ1v) is 5.99. The summed E-state index contributed by atoms with van der Waals surface area (Å²) in [5, 5.41) is 3.44. The summed E-state index contributed by atoms with van der Waals surface area (Å²) in [7, 11) is 2.08. The lowest BCUT2D eigenvalue weighted by Crippen LogP contribution is -2.33. The van der Waals surface area contributed by atoms with Gasteiger partial charge in [-0.1, -0.05) is 25.7 Å². The molecular formula is C13H23N. The molecule has 1 nitrogen and oxygen atoms in total. The highest BCUT2D eigenvalue weighted by Gasteiger charge is 2.20. The minimum Gasteiger partial charge on any atom is -0.317 e. The van der Waals surface area contributed by atoms with E-state index in [0.717, 1.165) is 18.8 Å². The van der Waals surface area contributed by atoms with Gasteiger partial charge in [-0.15, -0.1) is 12.3 Å². The fourth-order valence-electron chi connectivity index (χ4n) is 2.57. The van der Waals surface area contributed by atoms with E-state index < -0.39 is 0 Å². The van der Waals surface area contributed by atoms with E-state index in [1.54, 1.807) is 0 Å². The summed E-state index contributed by atoms with van der Waals surface area (Å²) < 4.78 is 0. The minimum absolute atomic E-state index is 0.657. The van der Waals surface area contributed by atoms with Crippen LogP contribution in [0.25, 0.3) is 0 Å². The number of nitrogens with one attached hydrogen (secondary N) is 1. The average Bonchev–Trinajstić information content (AvgIpc) is 2.48. The maximum atomic E-state index is 5.31. The van der Waals surface area contributed by atoms with Gasteiger partial charge in [0.15, 0.2) is 0 Å². The summed E-state index contributed by atoms with van der Waals surface area (Å²) in [6.07, 6.45) is 15.9. The maximum Gasteiger partial charge on any atom is 0.0101 e. The van der Waals surface area contributed by atoms with Gasteiger partial charge < -0.3 is 5.32 Å². The van der Waals surface area contributed by atoms with Crippen molar-refractivity contribution in [2.24, 2.45) is 5.92 Å². The van der Waals surface area contributed by atoms with E-state index in [9.17, 15) is 0 Å². The van der Waals surface area contributed by atoms with E-state index >= 15 is 0 Å². The molecule has 1 unspecified atom stereocenters. The van der Waals surface area contributed by atoms with Crippen LogP contribution >= 0.6 is 0 Å². The topological polar surface area (TPSA) is 12.0 Å². The van der Waals surface area contributed by atoms with Crippen molar-refractivity contribution in [3.8, 4) is 12.3 Å². The zero-order chi connectivity index (χ0) is 10.2. The Morgan fingerprint density at radius 1 is 1.29 bits per heavy atom. The third-order valence-corrected chi connectivity index (χ3v) is 3.44. The zero-order valence-electron chi connectivity index (χ0n) is 9.39. The lowest BCUT2D eigenvalue weighted by atomic mass is 9.89. The molecule has 0 aromatic carbocycles. The molecule has 0 aromatic rings. The third-order valence-electron chi connectivity index (χ3n) is 3.44. The Bertz CT molecular complexity index is 172. The Labute approximate surface area is 88.7 Å². The van der Waals surface area contributed by atoms with Gasteiger partial charge in [0.1, 0.15) is 0 Å². The highest BCUT2D eigenvalue weighted by atomic mass is 14.9. The summed E-state index contributed by atoms with van der Waals surface area (Å²) in [6, 6.07) is 0.657. The molecule has 1 N–H and O–H groups in total. The van der Waals surface area contributed by atoms with Gasteiger partial charge in [-0.25, -0.2) is 0 Å². The van der Waals surface area contributed by atoms with Crippen molar-refractivity contribution in [2.75, 3.05) is 7.05 Å². The Hall–Kier alpha value is -0.480. The molecule has 1 rings (SSSR count). The van der Waals surface area contributed by atoms with Crippen LogP contribution in [0.5, 0.6) is 0 Å². The van der Waals surface area contributed by atoms with Crippen molar-refractivity contribution in [1.82, 2.24) is 5.32 Å². The number of hydrogen-bond donors (Lipinski definition) is 1. The molecule has 1 atom stereocenters. The highest BCUT2D eigenvalue weighted by molar-refractivity contribution is 4.87. The quantitative estimate of drug-likeness (QED) is 0.534. The highest BCUT2D eigenvalue weighted by Crippen LogP contribution is 2.27. The van der Waals surface area contributed by atoms with E-state index in [-0.39, 0.29) is 0 Å². The smallest absolute Gasteiger partial charge is 0.0101 e. The lowest BCUT2D eigenvalue weighted by Gasteiger charge is -2.25.